The fourth-order valence-corrected chi connectivity index (χ4v) is 2.57. The second-order valence-electron chi connectivity index (χ2n) is 5.53. The summed E-state index contributed by atoms with van der Waals surface area (Å²) in [6.45, 7) is 7.99. The molecule has 1 N–H and O–H groups in total. The van der Waals surface area contributed by atoms with Gasteiger partial charge in [-0.25, -0.2) is 0 Å². The smallest absolute Gasteiger partial charge is 0.0597 e. The van der Waals surface area contributed by atoms with Crippen LogP contribution in [0.2, 0.25) is 0 Å². The molecule has 0 heterocycles. The monoisotopic (exact) mass is 254 g/mol. The third kappa shape index (κ3) is 4.60. The van der Waals surface area contributed by atoms with E-state index in [1.54, 1.807) is 0 Å². The topological polar surface area (TPSA) is 37.3 Å². The number of aliphatic hydroxyl groups excluding tert-OH is 1. The molecule has 0 amide bonds. The van der Waals surface area contributed by atoms with Gasteiger partial charge in [-0.2, -0.15) is 0 Å². The molecule has 2 unspecified atom stereocenters. The van der Waals surface area contributed by atoms with Gasteiger partial charge in [0.2, 0.25) is 0 Å². The maximum atomic E-state index is 12.0. The van der Waals surface area contributed by atoms with E-state index in [-0.39, 0.29) is 5.41 Å². The number of aryl methyl sites for hydroxylation is 1. The lowest BCUT2D eigenvalue weighted by molar-refractivity contribution is 0.0608. The molecule has 0 saturated carbocycles. The highest BCUT2D eigenvalue weighted by atomic mass is 32.2. The standard InChI is InChI=1S/C14H22O2S/c1-11-5-7-12(8-6-11)17(16)10-9-13(15)14(2,3)4/h5-8,13,15H,9-10H2,1-4H3. The van der Waals surface area contributed by atoms with E-state index >= 15 is 0 Å². The van der Waals surface area contributed by atoms with E-state index in [9.17, 15) is 9.32 Å². The average molecular weight is 254 g/mol. The van der Waals surface area contributed by atoms with Crippen molar-refractivity contribution in [3.63, 3.8) is 0 Å². The van der Waals surface area contributed by atoms with E-state index in [1.807, 2.05) is 52.0 Å². The van der Waals surface area contributed by atoms with Crippen molar-refractivity contribution >= 4 is 10.8 Å². The minimum absolute atomic E-state index is 0.141. The van der Waals surface area contributed by atoms with Crippen molar-refractivity contribution in [1.29, 1.82) is 0 Å². The van der Waals surface area contributed by atoms with Gasteiger partial charge in [-0.1, -0.05) is 38.5 Å². The molecule has 0 radical (unpaired) electrons. The Bertz CT molecular complexity index is 376. The summed E-state index contributed by atoms with van der Waals surface area (Å²) in [6, 6.07) is 7.73. The zero-order valence-electron chi connectivity index (χ0n) is 11.1. The van der Waals surface area contributed by atoms with Crippen LogP contribution >= 0.6 is 0 Å². The van der Waals surface area contributed by atoms with Crippen LogP contribution in [0, 0.1) is 12.3 Å². The Kier molecular flexibility index (Phi) is 4.90. The molecule has 0 aliphatic rings. The lowest BCUT2D eigenvalue weighted by atomic mass is 9.88. The zero-order chi connectivity index (χ0) is 13.1. The molecule has 0 spiro atoms. The molecular formula is C14H22O2S. The molecule has 1 aromatic rings. The van der Waals surface area contributed by atoms with Crippen LogP contribution in [-0.2, 0) is 10.8 Å². The average Bonchev–Trinajstić information content (AvgIpc) is 2.25. The van der Waals surface area contributed by atoms with E-state index < -0.39 is 16.9 Å². The summed E-state index contributed by atoms with van der Waals surface area (Å²) < 4.78 is 12.0. The van der Waals surface area contributed by atoms with Gasteiger partial charge in [0.25, 0.3) is 0 Å². The van der Waals surface area contributed by atoms with Crippen LogP contribution in [-0.4, -0.2) is 21.2 Å². The lowest BCUT2D eigenvalue weighted by Gasteiger charge is -2.25. The fraction of sp³-hybridized carbons (Fsp3) is 0.571. The molecule has 96 valence electrons. The van der Waals surface area contributed by atoms with Crippen LogP contribution < -0.4 is 0 Å². The van der Waals surface area contributed by atoms with Gasteiger partial charge >= 0.3 is 0 Å². The van der Waals surface area contributed by atoms with E-state index in [0.717, 1.165) is 4.90 Å². The van der Waals surface area contributed by atoms with Crippen molar-refractivity contribution in [2.24, 2.45) is 5.41 Å². The Hall–Kier alpha value is -0.670. The van der Waals surface area contributed by atoms with Crippen LogP contribution in [0.1, 0.15) is 32.8 Å². The Morgan fingerprint density at radius 2 is 1.76 bits per heavy atom. The summed E-state index contributed by atoms with van der Waals surface area (Å²) in [5.41, 5.74) is 1.03. The highest BCUT2D eigenvalue weighted by Gasteiger charge is 2.22. The summed E-state index contributed by atoms with van der Waals surface area (Å²) in [4.78, 5) is 0.844. The van der Waals surface area contributed by atoms with Gasteiger partial charge in [-0.05, 0) is 30.9 Å². The molecule has 0 aliphatic carbocycles. The van der Waals surface area contributed by atoms with Crippen LogP contribution in [0.4, 0.5) is 0 Å². The van der Waals surface area contributed by atoms with Crippen LogP contribution in [0.15, 0.2) is 29.2 Å². The molecule has 3 heteroatoms. The second kappa shape index (κ2) is 5.78. The summed E-state index contributed by atoms with van der Waals surface area (Å²) in [5, 5.41) is 9.89. The molecule has 0 fully saturated rings. The van der Waals surface area contributed by atoms with Crippen LogP contribution in [0.25, 0.3) is 0 Å². The molecule has 2 atom stereocenters. The first-order valence-electron chi connectivity index (χ1n) is 5.94. The van der Waals surface area contributed by atoms with Crippen LogP contribution in [0.5, 0.6) is 0 Å². The Morgan fingerprint density at radius 1 is 1.24 bits per heavy atom. The number of hydrogen-bond donors (Lipinski definition) is 1. The quantitative estimate of drug-likeness (QED) is 0.897. The molecule has 1 rings (SSSR count). The van der Waals surface area contributed by atoms with Gasteiger partial charge in [0.15, 0.2) is 0 Å². The first kappa shape index (κ1) is 14.4. The lowest BCUT2D eigenvalue weighted by Crippen LogP contribution is -2.27. The van der Waals surface area contributed by atoms with Gasteiger partial charge in [0, 0.05) is 10.6 Å². The summed E-state index contributed by atoms with van der Waals surface area (Å²) in [7, 11) is -1.01. The first-order valence-corrected chi connectivity index (χ1v) is 7.25. The van der Waals surface area contributed by atoms with Crippen molar-refractivity contribution in [3.05, 3.63) is 29.8 Å². The van der Waals surface area contributed by atoms with E-state index in [1.165, 1.54) is 5.56 Å². The number of hydrogen-bond acceptors (Lipinski definition) is 2. The van der Waals surface area contributed by atoms with E-state index in [0.29, 0.717) is 12.2 Å². The van der Waals surface area contributed by atoms with Crippen molar-refractivity contribution in [2.75, 3.05) is 5.75 Å². The number of rotatable bonds is 4. The molecule has 0 aromatic heterocycles. The highest BCUT2D eigenvalue weighted by molar-refractivity contribution is 7.85. The number of aliphatic hydroxyl groups is 1. The molecule has 1 aromatic carbocycles. The maximum Gasteiger partial charge on any atom is 0.0597 e. The number of benzene rings is 1. The van der Waals surface area contributed by atoms with E-state index in [2.05, 4.69) is 0 Å². The van der Waals surface area contributed by atoms with Gasteiger partial charge in [0.1, 0.15) is 0 Å². The highest BCUT2D eigenvalue weighted by Crippen LogP contribution is 2.22. The maximum absolute atomic E-state index is 12.0. The molecule has 0 saturated heterocycles. The van der Waals surface area contributed by atoms with Crippen LogP contribution in [0.3, 0.4) is 0 Å². The summed E-state index contributed by atoms with van der Waals surface area (Å²) >= 11 is 0. The van der Waals surface area contributed by atoms with Crippen molar-refractivity contribution < 1.29 is 9.32 Å². The van der Waals surface area contributed by atoms with Crippen molar-refractivity contribution in [2.45, 2.75) is 45.1 Å². The van der Waals surface area contributed by atoms with Crippen molar-refractivity contribution in [1.82, 2.24) is 0 Å². The minimum Gasteiger partial charge on any atom is -0.393 e. The SMILES string of the molecule is Cc1ccc(S(=O)CCC(O)C(C)(C)C)cc1. The molecule has 0 aliphatic heterocycles. The summed E-state index contributed by atoms with van der Waals surface area (Å²) in [6.07, 6.45) is 0.168. The van der Waals surface area contributed by atoms with Gasteiger partial charge in [-0.3, -0.25) is 4.21 Å². The largest absolute Gasteiger partial charge is 0.393 e. The first-order chi connectivity index (χ1) is 7.80. The fourth-order valence-electron chi connectivity index (χ4n) is 1.46. The Balaban J connectivity index is 2.53. The zero-order valence-corrected chi connectivity index (χ0v) is 11.9. The minimum atomic E-state index is -1.01. The normalized spacial score (nSPS) is 15.6. The van der Waals surface area contributed by atoms with Gasteiger partial charge in [0.05, 0.1) is 16.9 Å². The summed E-state index contributed by atoms with van der Waals surface area (Å²) in [5.74, 6) is 0.515. The molecular weight excluding hydrogens is 232 g/mol. The Labute approximate surface area is 107 Å². The Morgan fingerprint density at radius 3 is 2.24 bits per heavy atom. The predicted molar refractivity (Wildman–Crippen MR) is 72.5 cm³/mol. The van der Waals surface area contributed by atoms with Crippen molar-refractivity contribution in [3.8, 4) is 0 Å². The third-order valence-electron chi connectivity index (χ3n) is 2.86. The molecule has 2 nitrogen and oxygen atoms in total. The predicted octanol–water partition coefficient (Wildman–Crippen LogP) is 2.90. The second-order valence-corrected chi connectivity index (χ2v) is 7.10. The van der Waals surface area contributed by atoms with Gasteiger partial charge in [-0.15, -0.1) is 0 Å². The van der Waals surface area contributed by atoms with E-state index in [4.69, 9.17) is 0 Å². The van der Waals surface area contributed by atoms with Gasteiger partial charge < -0.3 is 5.11 Å². The molecule has 17 heavy (non-hydrogen) atoms. The molecule has 0 bridgehead atoms. The third-order valence-corrected chi connectivity index (χ3v) is 4.26.